The molecule has 0 bridgehead atoms. The molecule has 3 rings (SSSR count). The van der Waals surface area contributed by atoms with E-state index in [1.165, 1.54) is 5.56 Å². The zero-order chi connectivity index (χ0) is 17.1. The van der Waals surface area contributed by atoms with Crippen molar-refractivity contribution in [3.63, 3.8) is 0 Å². The van der Waals surface area contributed by atoms with Crippen LogP contribution >= 0.6 is 11.8 Å². The maximum absolute atomic E-state index is 5.85. The SMILES string of the molecule is C=CCn1c(SC2CC(C)OC(C)C2)nnc1-c1cccc(C)c1. The lowest BCUT2D eigenvalue weighted by molar-refractivity contribution is -0.0265. The summed E-state index contributed by atoms with van der Waals surface area (Å²) >= 11 is 1.82. The molecule has 4 nitrogen and oxygen atoms in total. The lowest BCUT2D eigenvalue weighted by atomic mass is 10.1. The van der Waals surface area contributed by atoms with E-state index < -0.39 is 0 Å². The Balaban J connectivity index is 1.87. The zero-order valence-corrected chi connectivity index (χ0v) is 15.4. The first-order valence-electron chi connectivity index (χ1n) is 8.50. The lowest BCUT2D eigenvalue weighted by Gasteiger charge is -2.31. The van der Waals surface area contributed by atoms with Crippen molar-refractivity contribution < 1.29 is 4.74 Å². The molecule has 0 spiro atoms. The fraction of sp³-hybridized carbons (Fsp3) is 0.474. The van der Waals surface area contributed by atoms with Crippen LogP contribution in [0.1, 0.15) is 32.3 Å². The van der Waals surface area contributed by atoms with E-state index in [1.54, 1.807) is 0 Å². The van der Waals surface area contributed by atoms with Crippen LogP contribution in [0.4, 0.5) is 0 Å². The summed E-state index contributed by atoms with van der Waals surface area (Å²) in [6.07, 6.45) is 4.62. The summed E-state index contributed by atoms with van der Waals surface area (Å²) in [5.74, 6) is 0.911. The summed E-state index contributed by atoms with van der Waals surface area (Å²) in [5, 5.41) is 10.4. The summed E-state index contributed by atoms with van der Waals surface area (Å²) in [7, 11) is 0. The Kier molecular flexibility index (Phi) is 5.41. The van der Waals surface area contributed by atoms with Crippen LogP contribution in [0.3, 0.4) is 0 Å². The number of allylic oxidation sites excluding steroid dienone is 1. The second kappa shape index (κ2) is 7.53. The minimum absolute atomic E-state index is 0.304. The van der Waals surface area contributed by atoms with Crippen molar-refractivity contribution in [2.45, 2.75) is 62.8 Å². The highest BCUT2D eigenvalue weighted by Gasteiger charge is 2.27. The number of aryl methyl sites for hydroxylation is 1. The van der Waals surface area contributed by atoms with Crippen molar-refractivity contribution in [3.05, 3.63) is 42.5 Å². The van der Waals surface area contributed by atoms with Crippen LogP contribution < -0.4 is 0 Å². The molecule has 1 aromatic heterocycles. The van der Waals surface area contributed by atoms with Gasteiger partial charge in [0.1, 0.15) is 0 Å². The number of nitrogens with zero attached hydrogens (tertiary/aromatic N) is 3. The number of hydrogen-bond acceptors (Lipinski definition) is 4. The van der Waals surface area contributed by atoms with E-state index in [0.717, 1.165) is 29.4 Å². The molecule has 5 heteroatoms. The summed E-state index contributed by atoms with van der Waals surface area (Å²) < 4.78 is 8.01. The van der Waals surface area contributed by atoms with Crippen molar-refractivity contribution in [2.24, 2.45) is 0 Å². The van der Waals surface area contributed by atoms with E-state index in [2.05, 4.69) is 66.4 Å². The predicted octanol–water partition coefficient (Wildman–Crippen LogP) is 4.49. The van der Waals surface area contributed by atoms with Gasteiger partial charge in [0, 0.05) is 17.4 Å². The molecule has 2 aromatic rings. The van der Waals surface area contributed by atoms with E-state index in [9.17, 15) is 0 Å². The average Bonchev–Trinajstić information content (AvgIpc) is 2.89. The molecule has 24 heavy (non-hydrogen) atoms. The van der Waals surface area contributed by atoms with Crippen LogP contribution in [0.5, 0.6) is 0 Å². The van der Waals surface area contributed by atoms with Crippen LogP contribution in [-0.4, -0.2) is 32.2 Å². The average molecular weight is 343 g/mol. The normalized spacial score (nSPS) is 24.0. The van der Waals surface area contributed by atoms with Gasteiger partial charge in [-0.2, -0.15) is 0 Å². The number of thioether (sulfide) groups is 1. The molecule has 0 saturated carbocycles. The van der Waals surface area contributed by atoms with Gasteiger partial charge < -0.3 is 4.74 Å². The van der Waals surface area contributed by atoms with E-state index in [1.807, 2.05) is 17.8 Å². The molecule has 2 heterocycles. The van der Waals surface area contributed by atoms with Crippen LogP contribution in [0.25, 0.3) is 11.4 Å². The molecule has 0 amide bonds. The third kappa shape index (κ3) is 3.90. The Morgan fingerprint density at radius 2 is 2.04 bits per heavy atom. The van der Waals surface area contributed by atoms with Crippen LogP contribution in [-0.2, 0) is 11.3 Å². The van der Waals surface area contributed by atoms with Gasteiger partial charge in [0.25, 0.3) is 0 Å². The molecule has 2 atom stereocenters. The Hall–Kier alpha value is -1.59. The maximum Gasteiger partial charge on any atom is 0.192 e. The highest BCUT2D eigenvalue weighted by atomic mass is 32.2. The Morgan fingerprint density at radius 1 is 1.29 bits per heavy atom. The second-order valence-electron chi connectivity index (χ2n) is 6.54. The quantitative estimate of drug-likeness (QED) is 0.750. The van der Waals surface area contributed by atoms with Gasteiger partial charge in [-0.25, -0.2) is 0 Å². The Bertz CT molecular complexity index is 702. The predicted molar refractivity (Wildman–Crippen MR) is 99.3 cm³/mol. The van der Waals surface area contributed by atoms with Crippen molar-refractivity contribution in [1.29, 1.82) is 0 Å². The van der Waals surface area contributed by atoms with Gasteiger partial charge in [-0.1, -0.05) is 41.6 Å². The molecule has 1 aromatic carbocycles. The topological polar surface area (TPSA) is 39.9 Å². The van der Waals surface area contributed by atoms with Gasteiger partial charge in [-0.05, 0) is 39.7 Å². The van der Waals surface area contributed by atoms with Crippen molar-refractivity contribution in [2.75, 3.05) is 0 Å². The molecular formula is C19H25N3OS. The van der Waals surface area contributed by atoms with Gasteiger partial charge in [-0.3, -0.25) is 4.57 Å². The van der Waals surface area contributed by atoms with Crippen LogP contribution in [0.15, 0.2) is 42.1 Å². The molecule has 2 unspecified atom stereocenters. The molecular weight excluding hydrogens is 318 g/mol. The number of rotatable bonds is 5. The minimum atomic E-state index is 0.304. The second-order valence-corrected chi connectivity index (χ2v) is 7.81. The third-order valence-corrected chi connectivity index (χ3v) is 5.46. The van der Waals surface area contributed by atoms with E-state index in [-0.39, 0.29) is 0 Å². The molecule has 0 radical (unpaired) electrons. The number of benzene rings is 1. The van der Waals surface area contributed by atoms with Crippen LogP contribution in [0.2, 0.25) is 0 Å². The number of hydrogen-bond donors (Lipinski definition) is 0. The lowest BCUT2D eigenvalue weighted by Crippen LogP contribution is -2.30. The zero-order valence-electron chi connectivity index (χ0n) is 14.6. The minimum Gasteiger partial charge on any atom is -0.375 e. The third-order valence-electron chi connectivity index (χ3n) is 4.23. The van der Waals surface area contributed by atoms with Gasteiger partial charge in [0.05, 0.1) is 12.2 Å². The van der Waals surface area contributed by atoms with Gasteiger partial charge >= 0.3 is 0 Å². The first-order valence-corrected chi connectivity index (χ1v) is 9.38. The van der Waals surface area contributed by atoms with E-state index in [0.29, 0.717) is 24.0 Å². The van der Waals surface area contributed by atoms with Crippen LogP contribution in [0, 0.1) is 6.92 Å². The van der Waals surface area contributed by atoms with Gasteiger partial charge in [0.15, 0.2) is 11.0 Å². The van der Waals surface area contributed by atoms with Crippen molar-refractivity contribution in [3.8, 4) is 11.4 Å². The molecule has 1 aliphatic rings. The smallest absolute Gasteiger partial charge is 0.192 e. The highest BCUT2D eigenvalue weighted by molar-refractivity contribution is 7.99. The summed E-state index contributed by atoms with van der Waals surface area (Å²) in [6.45, 7) is 11.0. The highest BCUT2D eigenvalue weighted by Crippen LogP contribution is 2.34. The van der Waals surface area contributed by atoms with Crippen molar-refractivity contribution in [1.82, 2.24) is 14.8 Å². The number of aromatic nitrogens is 3. The van der Waals surface area contributed by atoms with Gasteiger partial charge in [0.2, 0.25) is 0 Å². The van der Waals surface area contributed by atoms with E-state index >= 15 is 0 Å². The fourth-order valence-corrected chi connectivity index (χ4v) is 4.67. The molecule has 1 fully saturated rings. The Morgan fingerprint density at radius 3 is 2.71 bits per heavy atom. The standard InChI is InChI=1S/C19H25N3OS/c1-5-9-22-18(16-8-6-7-13(2)10-16)20-21-19(22)24-17-11-14(3)23-15(4)12-17/h5-8,10,14-15,17H,1,9,11-12H2,2-4H3. The Labute approximate surface area is 148 Å². The maximum atomic E-state index is 5.85. The van der Waals surface area contributed by atoms with Gasteiger partial charge in [-0.15, -0.1) is 16.8 Å². The first kappa shape index (κ1) is 17.2. The largest absolute Gasteiger partial charge is 0.375 e. The molecule has 128 valence electrons. The summed E-state index contributed by atoms with van der Waals surface area (Å²) in [4.78, 5) is 0. The summed E-state index contributed by atoms with van der Waals surface area (Å²) in [6, 6.07) is 8.39. The van der Waals surface area contributed by atoms with Crippen molar-refractivity contribution >= 4 is 11.8 Å². The molecule has 0 N–H and O–H groups in total. The van der Waals surface area contributed by atoms with E-state index in [4.69, 9.17) is 4.74 Å². The fourth-order valence-electron chi connectivity index (χ4n) is 3.26. The monoisotopic (exact) mass is 343 g/mol. The summed E-state index contributed by atoms with van der Waals surface area (Å²) in [5.41, 5.74) is 2.33. The molecule has 1 saturated heterocycles. The molecule has 0 aliphatic carbocycles. The first-order chi connectivity index (χ1) is 11.6. The molecule has 1 aliphatic heterocycles. The number of ether oxygens (including phenoxy) is 1.